The molecule has 0 aromatic heterocycles. The summed E-state index contributed by atoms with van der Waals surface area (Å²) in [4.78, 5) is 18.7. The summed E-state index contributed by atoms with van der Waals surface area (Å²) in [6.07, 6.45) is 4.31. The van der Waals surface area contributed by atoms with Gasteiger partial charge in [0.1, 0.15) is 23.6 Å². The molecule has 2 aromatic rings. The molecule has 0 N–H and O–H groups in total. The summed E-state index contributed by atoms with van der Waals surface area (Å²) in [6, 6.07) is 11.5. The van der Waals surface area contributed by atoms with Crippen LogP contribution in [0.15, 0.2) is 70.8 Å². The van der Waals surface area contributed by atoms with Crippen molar-refractivity contribution in [2.24, 2.45) is 10.1 Å². The maximum Gasteiger partial charge on any atom is 0.368 e. The molecular formula is C23H17F2N5O. The maximum atomic E-state index is 14.5. The van der Waals surface area contributed by atoms with Crippen LogP contribution in [0.4, 0.5) is 13.6 Å². The lowest BCUT2D eigenvalue weighted by molar-refractivity contribution is 0.150. The number of nitriles is 1. The molecule has 0 aliphatic carbocycles. The lowest BCUT2D eigenvalue weighted by Gasteiger charge is -2.38. The second kappa shape index (κ2) is 7.95. The van der Waals surface area contributed by atoms with Gasteiger partial charge in [0.15, 0.2) is 0 Å². The van der Waals surface area contributed by atoms with Gasteiger partial charge in [-0.1, -0.05) is 6.08 Å². The Kier molecular flexibility index (Phi) is 5.17. The topological polar surface area (TPSA) is 72.1 Å². The van der Waals surface area contributed by atoms with Crippen LogP contribution >= 0.6 is 0 Å². The van der Waals surface area contributed by atoms with Crippen molar-refractivity contribution in [3.8, 4) is 6.07 Å². The number of hydrogen-bond acceptors (Lipinski definition) is 4. The highest BCUT2D eigenvalue weighted by Gasteiger charge is 2.34. The normalized spacial score (nSPS) is 20.0. The smallest absolute Gasteiger partial charge is 0.333 e. The molecule has 31 heavy (non-hydrogen) atoms. The fourth-order valence-electron chi connectivity index (χ4n) is 3.40. The average molecular weight is 417 g/mol. The highest BCUT2D eigenvalue weighted by atomic mass is 19.1. The van der Waals surface area contributed by atoms with E-state index in [1.807, 2.05) is 6.07 Å². The minimum Gasteiger partial charge on any atom is -0.333 e. The highest BCUT2D eigenvalue weighted by Crippen LogP contribution is 2.27. The molecule has 0 radical (unpaired) electrons. The number of halogens is 2. The van der Waals surface area contributed by atoms with Crippen molar-refractivity contribution in [1.82, 2.24) is 9.91 Å². The predicted molar refractivity (Wildman–Crippen MR) is 113 cm³/mol. The van der Waals surface area contributed by atoms with Gasteiger partial charge in [0.05, 0.1) is 17.3 Å². The number of aliphatic imine (C=N–C) groups is 1. The Morgan fingerprint density at radius 3 is 2.52 bits per heavy atom. The molecule has 1 atom stereocenters. The summed E-state index contributed by atoms with van der Waals surface area (Å²) in [6.45, 7) is 1.71. The van der Waals surface area contributed by atoms with E-state index in [0.717, 1.165) is 6.07 Å². The summed E-state index contributed by atoms with van der Waals surface area (Å²) in [5.41, 5.74) is 2.34. The highest BCUT2D eigenvalue weighted by molar-refractivity contribution is 6.07. The molecule has 2 heterocycles. The van der Waals surface area contributed by atoms with E-state index in [1.54, 1.807) is 61.4 Å². The molecule has 1 unspecified atom stereocenters. The number of rotatable bonds is 2. The van der Waals surface area contributed by atoms with Gasteiger partial charge in [0.2, 0.25) is 0 Å². The van der Waals surface area contributed by atoms with Crippen molar-refractivity contribution in [2.45, 2.75) is 13.1 Å². The van der Waals surface area contributed by atoms with Crippen LogP contribution in [0, 0.1) is 23.0 Å². The van der Waals surface area contributed by atoms with E-state index < -0.39 is 23.8 Å². The van der Waals surface area contributed by atoms with E-state index in [1.165, 1.54) is 17.1 Å². The Morgan fingerprint density at radius 2 is 1.84 bits per heavy atom. The van der Waals surface area contributed by atoms with Gasteiger partial charge in [0, 0.05) is 24.2 Å². The van der Waals surface area contributed by atoms with Crippen molar-refractivity contribution >= 4 is 23.2 Å². The van der Waals surface area contributed by atoms with Gasteiger partial charge >= 0.3 is 6.03 Å². The summed E-state index contributed by atoms with van der Waals surface area (Å²) < 4.78 is 27.9. The molecule has 4 rings (SSSR count). The second-order valence-electron chi connectivity index (χ2n) is 7.10. The molecular weight excluding hydrogens is 400 g/mol. The van der Waals surface area contributed by atoms with Crippen LogP contribution in [0.2, 0.25) is 0 Å². The van der Waals surface area contributed by atoms with Gasteiger partial charge in [-0.15, -0.1) is 0 Å². The van der Waals surface area contributed by atoms with Gasteiger partial charge in [-0.25, -0.2) is 13.6 Å². The minimum absolute atomic E-state index is 0.204. The molecule has 0 saturated heterocycles. The number of amides is 2. The largest absolute Gasteiger partial charge is 0.368 e. The zero-order valence-electron chi connectivity index (χ0n) is 16.8. The van der Waals surface area contributed by atoms with Gasteiger partial charge in [-0.05, 0) is 61.0 Å². The molecule has 154 valence electrons. The van der Waals surface area contributed by atoms with Crippen LogP contribution in [0.3, 0.4) is 0 Å². The molecule has 0 fully saturated rings. The molecule has 6 nitrogen and oxygen atoms in total. The lowest BCUT2D eigenvalue weighted by atomic mass is 10.0. The SMILES string of the molecule is CC1=NN2C(=O)N=C(c3ccc(C#N)cc3)N(C)C2/C=C(\c2ccc(F)cc2F)C=C1. The minimum atomic E-state index is -0.705. The van der Waals surface area contributed by atoms with Crippen LogP contribution in [0.1, 0.15) is 23.6 Å². The zero-order chi connectivity index (χ0) is 22.1. The molecule has 2 aromatic carbocycles. The monoisotopic (exact) mass is 417 g/mol. The predicted octanol–water partition coefficient (Wildman–Crippen LogP) is 4.31. The van der Waals surface area contributed by atoms with Crippen molar-refractivity contribution in [3.05, 3.63) is 89.0 Å². The van der Waals surface area contributed by atoms with Crippen LogP contribution in [-0.2, 0) is 0 Å². The first kappa shape index (κ1) is 20.2. The summed E-state index contributed by atoms with van der Waals surface area (Å²) >= 11 is 0. The second-order valence-corrected chi connectivity index (χ2v) is 7.10. The van der Waals surface area contributed by atoms with Crippen LogP contribution < -0.4 is 0 Å². The number of carbonyl (C=O) groups is 1. The summed E-state index contributed by atoms with van der Waals surface area (Å²) in [5.74, 6) is -0.983. The number of allylic oxidation sites excluding steroid dienone is 3. The third kappa shape index (κ3) is 3.85. The van der Waals surface area contributed by atoms with Crippen LogP contribution in [0.25, 0.3) is 5.57 Å². The molecule has 2 aliphatic rings. The van der Waals surface area contributed by atoms with E-state index in [9.17, 15) is 13.6 Å². The summed E-state index contributed by atoms with van der Waals surface area (Å²) in [7, 11) is 1.74. The third-order valence-corrected chi connectivity index (χ3v) is 4.99. The number of hydrogen-bond donors (Lipinski definition) is 0. The van der Waals surface area contributed by atoms with E-state index in [-0.39, 0.29) is 5.56 Å². The molecule has 8 heteroatoms. The Bertz CT molecular complexity index is 1220. The van der Waals surface area contributed by atoms with Gasteiger partial charge in [-0.2, -0.15) is 20.4 Å². The van der Waals surface area contributed by atoms with Gasteiger partial charge in [-0.3, -0.25) is 0 Å². The van der Waals surface area contributed by atoms with Crippen LogP contribution in [0.5, 0.6) is 0 Å². The van der Waals surface area contributed by atoms with E-state index in [4.69, 9.17) is 5.26 Å². The standard InChI is InChI=1S/C23H17F2N5O/c1-14-3-6-17(19-10-9-18(24)12-20(19)25)11-21-29(2)22(27-23(31)30(21)28-14)16-7-4-15(13-26)5-8-16/h3-12,21H,1-2H3/b6-3?,17-11-,28-14?. The molecule has 0 saturated carbocycles. The van der Waals surface area contributed by atoms with Gasteiger partial charge in [0.25, 0.3) is 0 Å². The first-order valence-corrected chi connectivity index (χ1v) is 9.43. The van der Waals surface area contributed by atoms with E-state index in [2.05, 4.69) is 10.1 Å². The fourth-order valence-corrected chi connectivity index (χ4v) is 3.40. The van der Waals surface area contributed by atoms with E-state index >= 15 is 0 Å². The van der Waals surface area contributed by atoms with Crippen molar-refractivity contribution in [3.63, 3.8) is 0 Å². The average Bonchev–Trinajstić information content (AvgIpc) is 2.74. The number of nitrogens with zero attached hydrogens (tertiary/aromatic N) is 5. The summed E-state index contributed by atoms with van der Waals surface area (Å²) in [5, 5.41) is 14.6. The molecule has 2 aliphatic heterocycles. The number of likely N-dealkylation sites (N-methyl/N-ethyl adjacent to an activating group) is 1. The number of urea groups is 1. The fraction of sp³-hybridized carbons (Fsp3) is 0.130. The number of amidine groups is 1. The van der Waals surface area contributed by atoms with E-state index in [0.29, 0.717) is 28.2 Å². The Hall–Kier alpha value is -4.12. The number of fused-ring (bicyclic) bond motifs is 1. The number of hydrazone groups is 1. The first-order chi connectivity index (χ1) is 14.9. The van der Waals surface area contributed by atoms with Crippen molar-refractivity contribution < 1.29 is 13.6 Å². The Morgan fingerprint density at radius 1 is 1.10 bits per heavy atom. The number of benzene rings is 2. The number of carbonyl (C=O) groups excluding carboxylic acids is 1. The van der Waals surface area contributed by atoms with Crippen LogP contribution in [-0.4, -0.2) is 40.7 Å². The Labute approximate surface area is 177 Å². The quantitative estimate of drug-likeness (QED) is 0.731. The van der Waals surface area contributed by atoms with Crippen molar-refractivity contribution in [1.29, 1.82) is 5.26 Å². The molecule has 0 bridgehead atoms. The van der Waals surface area contributed by atoms with Crippen molar-refractivity contribution in [2.75, 3.05) is 7.05 Å². The van der Waals surface area contributed by atoms with Gasteiger partial charge < -0.3 is 4.90 Å². The first-order valence-electron chi connectivity index (χ1n) is 9.43. The maximum absolute atomic E-state index is 14.5. The Balaban J connectivity index is 1.82. The molecule has 2 amide bonds. The molecule has 0 spiro atoms. The third-order valence-electron chi connectivity index (χ3n) is 4.99. The zero-order valence-corrected chi connectivity index (χ0v) is 16.8. The lowest BCUT2D eigenvalue weighted by Crippen LogP contribution is -2.52.